The van der Waals surface area contributed by atoms with E-state index in [2.05, 4.69) is 65.8 Å². The second kappa shape index (κ2) is 4.38. The van der Waals surface area contributed by atoms with Gasteiger partial charge in [-0.3, -0.25) is 0 Å². The van der Waals surface area contributed by atoms with Crippen molar-refractivity contribution in [3.05, 3.63) is 35.6 Å². The lowest BCUT2D eigenvalue weighted by atomic mass is 9.85. The second-order valence-corrected chi connectivity index (χ2v) is 7.50. The Morgan fingerprint density at radius 2 is 1.63 bits per heavy atom. The molecule has 0 fully saturated rings. The minimum absolute atomic E-state index is 0.000728. The van der Waals surface area contributed by atoms with Gasteiger partial charge in [-0.1, -0.05) is 47.6 Å². The SMILES string of the molecule is CC(C)(C)c1ccc2oc(C(N)C(C)(C)C)cc2c1. The Hall–Kier alpha value is -1.28. The van der Waals surface area contributed by atoms with Gasteiger partial charge in [-0.25, -0.2) is 0 Å². The molecule has 1 aromatic carbocycles. The lowest BCUT2D eigenvalue weighted by Crippen LogP contribution is -2.25. The van der Waals surface area contributed by atoms with E-state index in [4.69, 9.17) is 10.2 Å². The largest absolute Gasteiger partial charge is 0.459 e. The molecule has 2 N–H and O–H groups in total. The Morgan fingerprint density at radius 1 is 1.00 bits per heavy atom. The van der Waals surface area contributed by atoms with E-state index >= 15 is 0 Å². The van der Waals surface area contributed by atoms with Crippen molar-refractivity contribution in [2.45, 2.75) is 53.0 Å². The molecule has 0 bridgehead atoms. The maximum Gasteiger partial charge on any atom is 0.134 e. The maximum atomic E-state index is 6.27. The van der Waals surface area contributed by atoms with E-state index in [9.17, 15) is 0 Å². The molecular weight excluding hydrogens is 234 g/mol. The molecule has 0 saturated carbocycles. The van der Waals surface area contributed by atoms with Crippen LogP contribution in [0.15, 0.2) is 28.7 Å². The average molecular weight is 259 g/mol. The van der Waals surface area contributed by atoms with E-state index in [-0.39, 0.29) is 16.9 Å². The standard InChI is InChI=1S/C17H25NO/c1-16(2,3)12-7-8-13-11(9-12)10-14(19-13)15(18)17(4,5)6/h7-10,15H,18H2,1-6H3. The molecule has 0 amide bonds. The van der Waals surface area contributed by atoms with Crippen LogP contribution in [0.1, 0.15) is 58.9 Å². The van der Waals surface area contributed by atoms with Gasteiger partial charge in [0.2, 0.25) is 0 Å². The highest BCUT2D eigenvalue weighted by Gasteiger charge is 2.25. The first-order valence-corrected chi connectivity index (χ1v) is 6.88. The first-order chi connectivity index (χ1) is 8.59. The molecule has 0 aliphatic heterocycles. The molecule has 1 unspecified atom stereocenters. The molecular formula is C17H25NO. The number of hydrogen-bond acceptors (Lipinski definition) is 2. The third kappa shape index (κ3) is 2.84. The number of benzene rings is 1. The highest BCUT2D eigenvalue weighted by molar-refractivity contribution is 5.79. The van der Waals surface area contributed by atoms with Crippen LogP contribution in [-0.2, 0) is 5.41 Å². The number of nitrogens with two attached hydrogens (primary N) is 1. The molecule has 1 heterocycles. The predicted molar refractivity (Wildman–Crippen MR) is 81.3 cm³/mol. The summed E-state index contributed by atoms with van der Waals surface area (Å²) in [6, 6.07) is 8.39. The Kier molecular flexibility index (Phi) is 3.26. The molecule has 1 atom stereocenters. The summed E-state index contributed by atoms with van der Waals surface area (Å²) >= 11 is 0. The smallest absolute Gasteiger partial charge is 0.134 e. The molecule has 1 aromatic heterocycles. The minimum atomic E-state index is -0.0852. The zero-order valence-corrected chi connectivity index (χ0v) is 12.9. The Balaban J connectivity index is 2.47. The normalized spacial score (nSPS) is 14.9. The van der Waals surface area contributed by atoms with Crippen LogP contribution in [0.25, 0.3) is 11.0 Å². The molecule has 0 spiro atoms. The molecule has 2 rings (SSSR count). The van der Waals surface area contributed by atoms with Crippen molar-refractivity contribution in [1.82, 2.24) is 0 Å². The fourth-order valence-corrected chi connectivity index (χ4v) is 2.11. The van der Waals surface area contributed by atoms with E-state index in [1.165, 1.54) is 5.56 Å². The van der Waals surface area contributed by atoms with E-state index in [1.807, 2.05) is 0 Å². The van der Waals surface area contributed by atoms with Gasteiger partial charge in [-0.2, -0.15) is 0 Å². The lowest BCUT2D eigenvalue weighted by Gasteiger charge is -2.24. The molecule has 2 heteroatoms. The quantitative estimate of drug-likeness (QED) is 0.800. The van der Waals surface area contributed by atoms with Crippen LogP contribution in [0, 0.1) is 5.41 Å². The van der Waals surface area contributed by atoms with Gasteiger partial charge in [0.15, 0.2) is 0 Å². The number of rotatable bonds is 1. The van der Waals surface area contributed by atoms with E-state index in [1.54, 1.807) is 0 Å². The van der Waals surface area contributed by atoms with Crippen molar-refractivity contribution >= 4 is 11.0 Å². The van der Waals surface area contributed by atoms with Crippen LogP contribution in [-0.4, -0.2) is 0 Å². The summed E-state index contributed by atoms with van der Waals surface area (Å²) in [6.45, 7) is 13.0. The van der Waals surface area contributed by atoms with Gasteiger partial charge in [-0.05, 0) is 34.6 Å². The number of furan rings is 1. The predicted octanol–water partition coefficient (Wildman–Crippen LogP) is 4.78. The topological polar surface area (TPSA) is 39.2 Å². The van der Waals surface area contributed by atoms with Crippen molar-refractivity contribution in [2.24, 2.45) is 11.1 Å². The molecule has 0 saturated heterocycles. The van der Waals surface area contributed by atoms with Crippen LogP contribution in [0.5, 0.6) is 0 Å². The second-order valence-electron chi connectivity index (χ2n) is 7.50. The highest BCUT2D eigenvalue weighted by Crippen LogP contribution is 2.35. The van der Waals surface area contributed by atoms with Gasteiger partial charge in [0.05, 0.1) is 6.04 Å². The average Bonchev–Trinajstić information content (AvgIpc) is 2.67. The highest BCUT2D eigenvalue weighted by atomic mass is 16.3. The van der Waals surface area contributed by atoms with Crippen LogP contribution in [0.4, 0.5) is 0 Å². The number of fused-ring (bicyclic) bond motifs is 1. The van der Waals surface area contributed by atoms with E-state index in [0.717, 1.165) is 16.7 Å². The molecule has 104 valence electrons. The first kappa shape index (κ1) is 14.1. The van der Waals surface area contributed by atoms with Crippen molar-refractivity contribution < 1.29 is 4.42 Å². The van der Waals surface area contributed by atoms with Gasteiger partial charge in [0, 0.05) is 5.39 Å². The van der Waals surface area contributed by atoms with Crippen molar-refractivity contribution in [1.29, 1.82) is 0 Å². The zero-order valence-electron chi connectivity index (χ0n) is 12.9. The van der Waals surface area contributed by atoms with Crippen LogP contribution in [0.3, 0.4) is 0 Å². The van der Waals surface area contributed by atoms with Crippen LogP contribution in [0.2, 0.25) is 0 Å². The fourth-order valence-electron chi connectivity index (χ4n) is 2.11. The van der Waals surface area contributed by atoms with E-state index < -0.39 is 0 Å². The van der Waals surface area contributed by atoms with Crippen LogP contribution >= 0.6 is 0 Å². The monoisotopic (exact) mass is 259 g/mol. The van der Waals surface area contributed by atoms with Crippen molar-refractivity contribution in [3.63, 3.8) is 0 Å². The van der Waals surface area contributed by atoms with Gasteiger partial charge in [-0.15, -0.1) is 0 Å². The Labute approximate surface area is 116 Å². The zero-order chi connectivity index (χ0) is 14.4. The van der Waals surface area contributed by atoms with Gasteiger partial charge in [0.1, 0.15) is 11.3 Å². The maximum absolute atomic E-state index is 6.27. The van der Waals surface area contributed by atoms with Crippen molar-refractivity contribution in [2.75, 3.05) is 0 Å². The fraction of sp³-hybridized carbons (Fsp3) is 0.529. The molecule has 0 aliphatic carbocycles. The summed E-state index contributed by atoms with van der Waals surface area (Å²) in [7, 11) is 0. The Morgan fingerprint density at radius 3 is 2.16 bits per heavy atom. The summed E-state index contributed by atoms with van der Waals surface area (Å²) < 4.78 is 5.90. The third-order valence-electron chi connectivity index (χ3n) is 3.64. The summed E-state index contributed by atoms with van der Waals surface area (Å²) in [6.07, 6.45) is 0. The molecule has 0 radical (unpaired) electrons. The third-order valence-corrected chi connectivity index (χ3v) is 3.64. The molecule has 19 heavy (non-hydrogen) atoms. The minimum Gasteiger partial charge on any atom is -0.459 e. The van der Waals surface area contributed by atoms with E-state index in [0.29, 0.717) is 0 Å². The Bertz CT molecular complexity index is 581. The number of hydrogen-bond donors (Lipinski definition) is 1. The van der Waals surface area contributed by atoms with Gasteiger partial charge < -0.3 is 10.2 Å². The molecule has 2 nitrogen and oxygen atoms in total. The first-order valence-electron chi connectivity index (χ1n) is 6.88. The summed E-state index contributed by atoms with van der Waals surface area (Å²) in [5.41, 5.74) is 8.65. The summed E-state index contributed by atoms with van der Waals surface area (Å²) in [4.78, 5) is 0. The van der Waals surface area contributed by atoms with Crippen LogP contribution < -0.4 is 5.73 Å². The molecule has 0 aliphatic rings. The van der Waals surface area contributed by atoms with Gasteiger partial charge in [0.25, 0.3) is 0 Å². The lowest BCUT2D eigenvalue weighted by molar-refractivity contribution is 0.290. The van der Waals surface area contributed by atoms with Crippen molar-refractivity contribution in [3.8, 4) is 0 Å². The summed E-state index contributed by atoms with van der Waals surface area (Å²) in [5, 5.41) is 1.14. The van der Waals surface area contributed by atoms with Gasteiger partial charge >= 0.3 is 0 Å². The summed E-state index contributed by atoms with van der Waals surface area (Å²) in [5.74, 6) is 0.869. The molecule has 2 aromatic rings.